The standard InChI is InChI=1S/C12H22N4O2/c1-5-9(6-2)16-12(8(3)18-4)10(14-15-16)7-11(13)17/h8-9H,5-7H2,1-4H3,(H2,13,17). The highest BCUT2D eigenvalue weighted by atomic mass is 16.5. The number of amides is 1. The van der Waals surface area contributed by atoms with Crippen LogP contribution in [0.4, 0.5) is 0 Å². The maximum Gasteiger partial charge on any atom is 0.223 e. The van der Waals surface area contributed by atoms with Crippen LogP contribution in [-0.4, -0.2) is 28.0 Å². The third kappa shape index (κ3) is 3.07. The number of aromatic nitrogens is 3. The molecule has 102 valence electrons. The lowest BCUT2D eigenvalue weighted by Crippen LogP contribution is -2.18. The molecule has 1 atom stereocenters. The van der Waals surface area contributed by atoms with Gasteiger partial charge in [-0.2, -0.15) is 0 Å². The van der Waals surface area contributed by atoms with E-state index in [0.717, 1.165) is 18.5 Å². The molecule has 18 heavy (non-hydrogen) atoms. The van der Waals surface area contributed by atoms with E-state index in [9.17, 15) is 4.79 Å². The minimum absolute atomic E-state index is 0.100. The van der Waals surface area contributed by atoms with E-state index in [2.05, 4.69) is 24.2 Å². The number of ether oxygens (including phenoxy) is 1. The number of nitrogens with zero attached hydrogens (tertiary/aromatic N) is 3. The Labute approximate surface area is 107 Å². The van der Waals surface area contributed by atoms with Gasteiger partial charge in [-0.1, -0.05) is 19.1 Å². The molecule has 1 rings (SSSR count). The van der Waals surface area contributed by atoms with Crippen molar-refractivity contribution in [3.8, 4) is 0 Å². The summed E-state index contributed by atoms with van der Waals surface area (Å²) in [5.74, 6) is -0.406. The lowest BCUT2D eigenvalue weighted by atomic mass is 10.1. The first kappa shape index (κ1) is 14.6. The Balaban J connectivity index is 3.17. The molecule has 0 radical (unpaired) electrons. The molecule has 1 heterocycles. The Hall–Kier alpha value is -1.43. The van der Waals surface area contributed by atoms with Crippen LogP contribution in [0.25, 0.3) is 0 Å². The SMILES string of the molecule is CCC(CC)n1nnc(CC(N)=O)c1C(C)OC. The number of primary amides is 1. The topological polar surface area (TPSA) is 83.0 Å². The smallest absolute Gasteiger partial charge is 0.223 e. The first-order valence-electron chi connectivity index (χ1n) is 6.30. The van der Waals surface area contributed by atoms with E-state index in [4.69, 9.17) is 10.5 Å². The van der Waals surface area contributed by atoms with Gasteiger partial charge in [-0.05, 0) is 19.8 Å². The number of hydrogen-bond acceptors (Lipinski definition) is 4. The number of rotatable bonds is 7. The molecule has 0 saturated heterocycles. The summed E-state index contributed by atoms with van der Waals surface area (Å²) in [7, 11) is 1.63. The van der Waals surface area contributed by atoms with E-state index in [-0.39, 0.29) is 18.6 Å². The Bertz CT molecular complexity index is 399. The van der Waals surface area contributed by atoms with Crippen LogP contribution in [0.5, 0.6) is 0 Å². The summed E-state index contributed by atoms with van der Waals surface area (Å²) in [4.78, 5) is 11.1. The van der Waals surface area contributed by atoms with Gasteiger partial charge in [-0.3, -0.25) is 4.79 Å². The van der Waals surface area contributed by atoms with Crippen LogP contribution in [0.1, 0.15) is 57.1 Å². The van der Waals surface area contributed by atoms with Crippen LogP contribution in [0.2, 0.25) is 0 Å². The number of carbonyl (C=O) groups excluding carboxylic acids is 1. The quantitative estimate of drug-likeness (QED) is 0.796. The maximum absolute atomic E-state index is 11.1. The molecule has 1 amide bonds. The van der Waals surface area contributed by atoms with E-state index in [1.807, 2.05) is 11.6 Å². The summed E-state index contributed by atoms with van der Waals surface area (Å²) >= 11 is 0. The number of carbonyl (C=O) groups is 1. The predicted molar refractivity (Wildman–Crippen MR) is 68.0 cm³/mol. The number of nitrogens with two attached hydrogens (primary N) is 1. The van der Waals surface area contributed by atoms with Crippen molar-refractivity contribution < 1.29 is 9.53 Å². The third-order valence-corrected chi connectivity index (χ3v) is 3.17. The molecule has 0 fully saturated rings. The highest BCUT2D eigenvalue weighted by Gasteiger charge is 2.23. The van der Waals surface area contributed by atoms with Crippen molar-refractivity contribution in [2.75, 3.05) is 7.11 Å². The molecule has 0 bridgehead atoms. The molecule has 0 saturated carbocycles. The number of hydrogen-bond donors (Lipinski definition) is 1. The molecule has 1 unspecified atom stereocenters. The Morgan fingerprint density at radius 3 is 2.50 bits per heavy atom. The van der Waals surface area contributed by atoms with Gasteiger partial charge in [0.15, 0.2) is 0 Å². The largest absolute Gasteiger partial charge is 0.375 e. The van der Waals surface area contributed by atoms with Gasteiger partial charge in [0.25, 0.3) is 0 Å². The van der Waals surface area contributed by atoms with E-state index in [0.29, 0.717) is 5.69 Å². The molecule has 0 spiro atoms. The predicted octanol–water partition coefficient (Wildman–Crippen LogP) is 1.37. The first-order chi connectivity index (χ1) is 8.54. The average molecular weight is 254 g/mol. The van der Waals surface area contributed by atoms with Crippen LogP contribution in [0.3, 0.4) is 0 Å². The molecular formula is C12H22N4O2. The van der Waals surface area contributed by atoms with Gasteiger partial charge >= 0.3 is 0 Å². The van der Waals surface area contributed by atoms with Crippen LogP contribution >= 0.6 is 0 Å². The lowest BCUT2D eigenvalue weighted by Gasteiger charge is -2.19. The summed E-state index contributed by atoms with van der Waals surface area (Å²) in [6.45, 7) is 6.12. The summed E-state index contributed by atoms with van der Waals surface area (Å²) in [6, 6.07) is 0.270. The molecule has 6 heteroatoms. The van der Waals surface area contributed by atoms with Gasteiger partial charge in [0.1, 0.15) is 0 Å². The van der Waals surface area contributed by atoms with E-state index < -0.39 is 5.91 Å². The van der Waals surface area contributed by atoms with E-state index in [1.54, 1.807) is 7.11 Å². The van der Waals surface area contributed by atoms with E-state index in [1.165, 1.54) is 0 Å². The highest BCUT2D eigenvalue weighted by Crippen LogP contribution is 2.25. The Kier molecular flexibility index (Phi) is 5.27. The summed E-state index contributed by atoms with van der Waals surface area (Å²) in [5, 5.41) is 8.23. The first-order valence-corrected chi connectivity index (χ1v) is 6.30. The van der Waals surface area contributed by atoms with Crippen LogP contribution in [-0.2, 0) is 16.0 Å². The second kappa shape index (κ2) is 6.49. The van der Waals surface area contributed by atoms with E-state index >= 15 is 0 Å². The van der Waals surface area contributed by atoms with Crippen molar-refractivity contribution in [2.24, 2.45) is 5.73 Å². The Morgan fingerprint density at radius 2 is 2.06 bits per heavy atom. The monoisotopic (exact) mass is 254 g/mol. The summed E-state index contributed by atoms with van der Waals surface area (Å²) in [5.41, 5.74) is 6.69. The van der Waals surface area contributed by atoms with Gasteiger partial charge in [0.2, 0.25) is 5.91 Å². The van der Waals surface area contributed by atoms with Crippen molar-refractivity contribution in [1.82, 2.24) is 15.0 Å². The minimum Gasteiger partial charge on any atom is -0.375 e. The molecule has 1 aromatic heterocycles. The molecule has 0 aliphatic carbocycles. The maximum atomic E-state index is 11.1. The molecule has 1 aromatic rings. The van der Waals surface area contributed by atoms with Crippen LogP contribution in [0.15, 0.2) is 0 Å². The van der Waals surface area contributed by atoms with Crippen molar-refractivity contribution in [2.45, 2.75) is 52.2 Å². The second-order valence-electron chi connectivity index (χ2n) is 4.36. The van der Waals surface area contributed by atoms with Crippen molar-refractivity contribution in [1.29, 1.82) is 0 Å². The van der Waals surface area contributed by atoms with Gasteiger partial charge in [0.05, 0.1) is 30.0 Å². The normalized spacial score (nSPS) is 12.9. The zero-order valence-electron chi connectivity index (χ0n) is 11.5. The minimum atomic E-state index is -0.406. The molecule has 0 aromatic carbocycles. The van der Waals surface area contributed by atoms with Crippen LogP contribution < -0.4 is 5.73 Å². The second-order valence-corrected chi connectivity index (χ2v) is 4.36. The lowest BCUT2D eigenvalue weighted by molar-refractivity contribution is -0.117. The van der Waals surface area contributed by atoms with Gasteiger partial charge < -0.3 is 10.5 Å². The zero-order chi connectivity index (χ0) is 13.7. The van der Waals surface area contributed by atoms with Crippen molar-refractivity contribution >= 4 is 5.91 Å². The average Bonchev–Trinajstić information content (AvgIpc) is 2.73. The molecule has 2 N–H and O–H groups in total. The highest BCUT2D eigenvalue weighted by molar-refractivity contribution is 5.76. The van der Waals surface area contributed by atoms with Gasteiger partial charge in [-0.25, -0.2) is 4.68 Å². The number of methoxy groups -OCH3 is 1. The molecule has 0 aliphatic heterocycles. The Morgan fingerprint density at radius 1 is 1.44 bits per heavy atom. The third-order valence-electron chi connectivity index (χ3n) is 3.17. The fraction of sp³-hybridized carbons (Fsp3) is 0.750. The summed E-state index contributed by atoms with van der Waals surface area (Å²) < 4.78 is 7.21. The summed E-state index contributed by atoms with van der Waals surface area (Å²) in [6.07, 6.45) is 1.86. The van der Waals surface area contributed by atoms with Gasteiger partial charge in [0, 0.05) is 7.11 Å². The fourth-order valence-corrected chi connectivity index (χ4v) is 2.06. The van der Waals surface area contributed by atoms with Crippen LogP contribution in [0, 0.1) is 0 Å². The molecular weight excluding hydrogens is 232 g/mol. The molecule has 6 nitrogen and oxygen atoms in total. The van der Waals surface area contributed by atoms with Crippen molar-refractivity contribution in [3.63, 3.8) is 0 Å². The van der Waals surface area contributed by atoms with Crippen molar-refractivity contribution in [3.05, 3.63) is 11.4 Å². The van der Waals surface area contributed by atoms with Gasteiger partial charge in [-0.15, -0.1) is 5.10 Å². The fourth-order valence-electron chi connectivity index (χ4n) is 2.06. The zero-order valence-corrected chi connectivity index (χ0v) is 11.5. The molecule has 0 aliphatic rings.